The number of nitrogens with one attached hydrogen (secondary N) is 3. The number of amides is 1. The number of H-pyrrole nitrogens is 2. The molecule has 256 valence electrons. The van der Waals surface area contributed by atoms with Crippen molar-refractivity contribution in [2.75, 3.05) is 25.2 Å². The van der Waals surface area contributed by atoms with Gasteiger partial charge in [-0.1, -0.05) is 13.8 Å². The summed E-state index contributed by atoms with van der Waals surface area (Å²) in [6, 6.07) is 0. The van der Waals surface area contributed by atoms with E-state index in [0.29, 0.717) is 0 Å². The third kappa shape index (κ3) is 7.61. The number of aromatic amines is 2. The molecule has 5 heterocycles. The molecule has 1 amide bonds. The SMILES string of the molecule is CC(=O)O[C@H]1C[C@H](n2cnc3c(=O)[nH]c(NC(=O)C(C)C)nc32)O[C@@H]1CO[P@](C)(=O)O[C@H]1C[C@H](n2cc(C)c(=O)[nH]c2=O)O[C@@H]1CO. The second-order valence-electron chi connectivity index (χ2n) is 11.6. The molecule has 0 bridgehead atoms. The molecule has 47 heavy (non-hydrogen) atoms. The lowest BCUT2D eigenvalue weighted by Crippen LogP contribution is -2.33. The third-order valence-corrected chi connectivity index (χ3v) is 8.89. The normalized spacial score (nSPS) is 25.7. The summed E-state index contributed by atoms with van der Waals surface area (Å²) >= 11 is 0. The zero-order chi connectivity index (χ0) is 34.2. The minimum Gasteiger partial charge on any atom is -0.460 e. The summed E-state index contributed by atoms with van der Waals surface area (Å²) in [6.07, 6.45) is -2.73. The Morgan fingerprint density at radius 3 is 2.47 bits per heavy atom. The van der Waals surface area contributed by atoms with E-state index in [2.05, 4.69) is 25.3 Å². The average molecular weight is 682 g/mol. The van der Waals surface area contributed by atoms with Crippen LogP contribution in [-0.4, -0.2) is 90.3 Å². The zero-order valence-corrected chi connectivity index (χ0v) is 27.1. The van der Waals surface area contributed by atoms with E-state index >= 15 is 0 Å². The quantitative estimate of drug-likeness (QED) is 0.157. The molecular formula is C27H36N7O12P. The Hall–Kier alpha value is -4.00. The van der Waals surface area contributed by atoms with Gasteiger partial charge in [-0.05, 0) is 6.92 Å². The molecule has 3 aromatic heterocycles. The largest absolute Gasteiger partial charge is 0.460 e. The highest BCUT2D eigenvalue weighted by Crippen LogP contribution is 2.49. The number of hydrogen-bond donors (Lipinski definition) is 4. The minimum atomic E-state index is -3.88. The molecule has 5 rings (SSSR count). The Balaban J connectivity index is 1.29. The van der Waals surface area contributed by atoms with Crippen molar-refractivity contribution in [2.45, 2.75) is 77.4 Å². The molecule has 3 aromatic rings. The molecule has 0 unspecified atom stereocenters. The number of carbonyl (C=O) groups is 2. The number of hydrogen-bond acceptors (Lipinski definition) is 14. The van der Waals surface area contributed by atoms with Crippen molar-refractivity contribution in [1.29, 1.82) is 0 Å². The standard InChI is InChI=1S/C27H36N7O12P/c1-12(2)23(37)30-26-29-22-21(25(39)31-26)28-11-34(22)20-6-15(43-14(4)36)18(45-20)10-42-47(5,41)46-16-7-19(44-17(16)9-35)33-8-13(3)24(38)32-27(33)40/h8,11-12,15-20,35H,6-7,9-10H2,1-5H3,(H,32,38,40)(H2,29,30,31,37,39)/t15-,16-,17+,18+,19+,20+,47-/m0/s1. The van der Waals surface area contributed by atoms with Crippen LogP contribution in [0.2, 0.25) is 0 Å². The molecule has 0 aromatic carbocycles. The predicted molar refractivity (Wildman–Crippen MR) is 162 cm³/mol. The predicted octanol–water partition coefficient (Wildman–Crippen LogP) is 0.296. The number of carbonyl (C=O) groups excluding carboxylic acids is 2. The van der Waals surface area contributed by atoms with Gasteiger partial charge in [-0.2, -0.15) is 4.98 Å². The number of rotatable bonds is 11. The summed E-state index contributed by atoms with van der Waals surface area (Å²) in [5.41, 5.74) is -1.49. The van der Waals surface area contributed by atoms with Gasteiger partial charge in [-0.15, -0.1) is 0 Å². The lowest BCUT2D eigenvalue weighted by atomic mass is 10.2. The topological polar surface area (TPSA) is 248 Å². The molecular weight excluding hydrogens is 645 g/mol. The number of imidazole rings is 1. The van der Waals surface area contributed by atoms with Crippen LogP contribution >= 0.6 is 7.60 Å². The monoisotopic (exact) mass is 681 g/mol. The van der Waals surface area contributed by atoms with Crippen molar-refractivity contribution in [3.8, 4) is 0 Å². The van der Waals surface area contributed by atoms with Gasteiger partial charge in [-0.25, -0.2) is 9.78 Å². The van der Waals surface area contributed by atoms with Crippen LogP contribution < -0.4 is 22.1 Å². The summed E-state index contributed by atoms with van der Waals surface area (Å²) in [5.74, 6) is -1.41. The Bertz CT molecular complexity index is 1880. The van der Waals surface area contributed by atoms with Crippen LogP contribution in [0.3, 0.4) is 0 Å². The molecule has 2 aliphatic heterocycles. The molecule has 2 saturated heterocycles. The van der Waals surface area contributed by atoms with Gasteiger partial charge in [0, 0.05) is 44.1 Å². The second-order valence-corrected chi connectivity index (χ2v) is 13.6. The van der Waals surface area contributed by atoms with Gasteiger partial charge >= 0.3 is 19.3 Å². The Labute approximate surface area is 266 Å². The van der Waals surface area contributed by atoms with E-state index in [-0.39, 0.29) is 53.9 Å². The van der Waals surface area contributed by atoms with Crippen LogP contribution in [0.5, 0.6) is 0 Å². The lowest BCUT2D eigenvalue weighted by molar-refractivity contribution is -0.150. The van der Waals surface area contributed by atoms with E-state index in [1.54, 1.807) is 13.8 Å². The van der Waals surface area contributed by atoms with Crippen molar-refractivity contribution in [2.24, 2.45) is 5.92 Å². The Morgan fingerprint density at radius 2 is 1.79 bits per heavy atom. The van der Waals surface area contributed by atoms with Crippen molar-refractivity contribution < 1.29 is 42.5 Å². The lowest BCUT2D eigenvalue weighted by Gasteiger charge is -2.24. The summed E-state index contributed by atoms with van der Waals surface area (Å²) < 4.78 is 44.8. The molecule has 0 saturated carbocycles. The highest BCUT2D eigenvalue weighted by Gasteiger charge is 2.43. The molecule has 0 aliphatic carbocycles. The maximum Gasteiger partial charge on any atom is 0.330 e. The second kappa shape index (κ2) is 13.6. The van der Waals surface area contributed by atoms with E-state index in [4.69, 9.17) is 23.3 Å². The Kier molecular flexibility index (Phi) is 9.95. The van der Waals surface area contributed by atoms with Crippen molar-refractivity contribution in [3.63, 3.8) is 0 Å². The summed E-state index contributed by atoms with van der Waals surface area (Å²) in [6.45, 7) is 6.45. The fourth-order valence-corrected chi connectivity index (χ4v) is 6.44. The summed E-state index contributed by atoms with van der Waals surface area (Å²) in [4.78, 5) is 74.0. The van der Waals surface area contributed by atoms with Crippen LogP contribution in [0.15, 0.2) is 26.9 Å². The molecule has 0 radical (unpaired) electrons. The highest BCUT2D eigenvalue weighted by molar-refractivity contribution is 7.53. The molecule has 20 heteroatoms. The molecule has 19 nitrogen and oxygen atoms in total. The summed E-state index contributed by atoms with van der Waals surface area (Å²) in [7, 11) is -3.88. The first-order valence-electron chi connectivity index (χ1n) is 14.7. The minimum absolute atomic E-state index is 0.00925. The van der Waals surface area contributed by atoms with E-state index in [1.807, 2.05) is 0 Å². The van der Waals surface area contributed by atoms with E-state index in [0.717, 1.165) is 4.57 Å². The number of ether oxygens (including phenoxy) is 3. The molecule has 2 aliphatic rings. The van der Waals surface area contributed by atoms with Crippen molar-refractivity contribution in [1.82, 2.24) is 29.1 Å². The zero-order valence-electron chi connectivity index (χ0n) is 26.2. The number of aliphatic hydroxyl groups is 1. The number of esters is 1. The van der Waals surface area contributed by atoms with Crippen LogP contribution in [0.1, 0.15) is 51.6 Å². The number of aromatic nitrogens is 6. The van der Waals surface area contributed by atoms with Crippen LogP contribution in [0, 0.1) is 12.8 Å². The first kappa shape index (κ1) is 34.3. The van der Waals surface area contributed by atoms with Crippen LogP contribution in [-0.2, 0) is 37.4 Å². The number of nitrogens with zero attached hydrogens (tertiary/aromatic N) is 4. The van der Waals surface area contributed by atoms with Gasteiger partial charge in [-0.3, -0.25) is 48.2 Å². The van der Waals surface area contributed by atoms with E-state index < -0.39 is 73.9 Å². The first-order chi connectivity index (χ1) is 22.1. The van der Waals surface area contributed by atoms with Gasteiger partial charge in [0.05, 0.1) is 25.6 Å². The van der Waals surface area contributed by atoms with Gasteiger partial charge in [0.15, 0.2) is 11.2 Å². The summed E-state index contributed by atoms with van der Waals surface area (Å²) in [5, 5.41) is 12.4. The Morgan fingerprint density at radius 1 is 1.11 bits per heavy atom. The fourth-order valence-electron chi connectivity index (χ4n) is 5.25. The number of aliphatic hydroxyl groups excluding tert-OH is 1. The third-order valence-electron chi connectivity index (χ3n) is 7.62. The average Bonchev–Trinajstić information content (AvgIpc) is 3.70. The number of fused-ring (bicyclic) bond motifs is 1. The van der Waals surface area contributed by atoms with Crippen LogP contribution in [0.4, 0.5) is 5.95 Å². The first-order valence-corrected chi connectivity index (χ1v) is 16.7. The van der Waals surface area contributed by atoms with Gasteiger partial charge < -0.3 is 28.4 Å². The van der Waals surface area contributed by atoms with Gasteiger partial charge in [0.2, 0.25) is 11.9 Å². The molecule has 2 fully saturated rings. The smallest absolute Gasteiger partial charge is 0.330 e. The van der Waals surface area contributed by atoms with E-state index in [1.165, 1.54) is 37.6 Å². The van der Waals surface area contributed by atoms with Crippen molar-refractivity contribution >= 4 is 36.6 Å². The van der Waals surface area contributed by atoms with Crippen molar-refractivity contribution in [3.05, 3.63) is 49.3 Å². The fraction of sp³-hybridized carbons (Fsp3) is 0.593. The highest BCUT2D eigenvalue weighted by atomic mass is 31.2. The molecule has 4 N–H and O–H groups in total. The maximum atomic E-state index is 13.5. The van der Waals surface area contributed by atoms with Crippen LogP contribution in [0.25, 0.3) is 11.2 Å². The molecule has 7 atom stereocenters. The van der Waals surface area contributed by atoms with Gasteiger partial charge in [0.1, 0.15) is 30.8 Å². The molecule has 0 spiro atoms. The number of aryl methyl sites for hydroxylation is 1. The maximum absolute atomic E-state index is 13.5. The van der Waals surface area contributed by atoms with E-state index in [9.17, 15) is 33.6 Å². The number of anilines is 1. The van der Waals surface area contributed by atoms with Gasteiger partial charge in [0.25, 0.3) is 11.1 Å².